The van der Waals surface area contributed by atoms with Gasteiger partial charge in [0.15, 0.2) is 41.7 Å². The van der Waals surface area contributed by atoms with Gasteiger partial charge in [0.2, 0.25) is 88.6 Å². The molecule has 6 aliphatic heterocycles. The zero-order chi connectivity index (χ0) is 110. The van der Waals surface area contributed by atoms with E-state index in [2.05, 4.69) is 90.1 Å². The molecule has 55 heteroatoms. The number of fused-ring (bicyclic) bond motifs is 1. The van der Waals surface area contributed by atoms with Gasteiger partial charge in [-0.15, -0.1) is 0 Å². The largest absolute Gasteiger partial charge is 0.480 e. The minimum absolute atomic E-state index is 0.00497. The molecule has 41 N–H and O–H groups in total. The summed E-state index contributed by atoms with van der Waals surface area (Å²) in [6, 6.07) is -13.2. The fourth-order valence-corrected chi connectivity index (χ4v) is 19.9. The molecule has 6 aliphatic rings. The summed E-state index contributed by atoms with van der Waals surface area (Å²) in [5.41, 5.74) is 46.4. The standard InChI is InChI=1S/C95H160N38O17/c1-5-53(4)72(127-75(136)59(25-10-38-113-91(101)102)119-73(134)56(96)22-8-36-111-89(97)98)81(142)123-62(28-13-41-116-94(107)108)83(144)128-43-15-30-66(128)77(138)122-61(27-12-40-115-93(105)106)84(145)133-48-20-35-71(133)87(148)132-47-19-34-70(132)76(137)120-58(24-9-37-112-90(99)100)74(135)125-64(49-52(2)3)85(146)130-45-18-33-69(130)80(141)126-65(50-54-51-118-57-23-7-6-21-55(54)57)86(147)131-46-17-31-67(131)78(139)121-60(26-11-39-114-92(103)104)82(143)129-44-16-32-68(129)79(140)124-63(88(149)150)29-14-42-117-95(109)110/h6-7,21,23,51-53,56,58-72,118H,5,8-20,22,24-50,96H2,1-4H3,(H,119,134)(H,120,137)(H,121,139)(H,122,138)(H,123,142)(H,124,140)(H,125,135)(H,126,141)(H,127,136)(H,149,150)(H4,97,98,111)(H4,99,100,112)(H4,101,102,113)(H4,103,104,114)(H4,105,106,115)(H4,107,108,116)(H4,109,110,117)/t53-,56-,58-,59-,60-,61-,62-,63-,64-,65-,66-,67-,68-,69-,70-,71-,72-/m0/s1. The molecule has 0 aliphatic carbocycles. The fraction of sp³-hybridized carbons (Fsp3) is 0.674. The maximum atomic E-state index is 15.6. The lowest BCUT2D eigenvalue weighted by atomic mass is 9.96. The highest BCUT2D eigenvalue weighted by Gasteiger charge is 2.50. The molecule has 0 unspecified atom stereocenters. The molecule has 15 amide bonds. The van der Waals surface area contributed by atoms with Crippen LogP contribution < -0.4 is 131 Å². The Morgan fingerprint density at radius 2 is 0.640 bits per heavy atom. The van der Waals surface area contributed by atoms with E-state index in [1.165, 1.54) is 29.4 Å². The van der Waals surface area contributed by atoms with Crippen molar-refractivity contribution in [3.63, 3.8) is 0 Å². The number of benzene rings is 1. The van der Waals surface area contributed by atoms with E-state index < -0.39 is 197 Å². The molecular formula is C95H160N38O17. The lowest BCUT2D eigenvalue weighted by Gasteiger charge is -2.34. The molecule has 150 heavy (non-hydrogen) atoms. The minimum atomic E-state index is -1.42. The normalized spacial score (nSPS) is 19.5. The Bertz CT molecular complexity index is 5080. The number of nitrogens with one attached hydrogen (secondary N) is 24. The van der Waals surface area contributed by atoms with Gasteiger partial charge >= 0.3 is 5.97 Å². The van der Waals surface area contributed by atoms with Crippen molar-refractivity contribution in [2.45, 2.75) is 311 Å². The van der Waals surface area contributed by atoms with Crippen molar-refractivity contribution >= 4 is 147 Å². The van der Waals surface area contributed by atoms with E-state index in [9.17, 15) is 38.7 Å². The smallest absolute Gasteiger partial charge is 0.326 e. The van der Waals surface area contributed by atoms with Crippen molar-refractivity contribution in [3.8, 4) is 0 Å². The number of hydrogen-bond acceptors (Lipinski definition) is 24. The van der Waals surface area contributed by atoms with Crippen LogP contribution in [0.2, 0.25) is 0 Å². The van der Waals surface area contributed by atoms with E-state index in [0.29, 0.717) is 56.0 Å². The minimum Gasteiger partial charge on any atom is -0.480 e. The third kappa shape index (κ3) is 36.6. The van der Waals surface area contributed by atoms with Gasteiger partial charge in [-0.1, -0.05) is 52.3 Å². The molecule has 1 aromatic carbocycles. The quantitative estimate of drug-likeness (QED) is 0.0166. The molecule has 6 fully saturated rings. The van der Waals surface area contributed by atoms with E-state index in [-0.39, 0.29) is 274 Å². The zero-order valence-corrected chi connectivity index (χ0v) is 86.3. The Labute approximate surface area is 871 Å². The number of nitrogens with zero attached hydrogens (tertiary/aromatic N) is 6. The second-order valence-corrected chi connectivity index (χ2v) is 39.5. The van der Waals surface area contributed by atoms with Gasteiger partial charge in [-0.25, -0.2) is 4.79 Å². The van der Waals surface area contributed by atoms with E-state index in [1.54, 1.807) is 26.1 Å². The molecule has 0 saturated carbocycles. The maximum Gasteiger partial charge on any atom is 0.326 e. The molecule has 55 nitrogen and oxygen atoms in total. The average molecular weight is 2110 g/mol. The number of carboxylic acid groups (broad SMARTS) is 1. The van der Waals surface area contributed by atoms with Gasteiger partial charge in [-0.2, -0.15) is 0 Å². The third-order valence-electron chi connectivity index (χ3n) is 27.8. The second kappa shape index (κ2) is 60.0. The van der Waals surface area contributed by atoms with Crippen LogP contribution in [0.1, 0.15) is 213 Å². The summed E-state index contributed by atoms with van der Waals surface area (Å²) in [5, 5.41) is 108. The maximum absolute atomic E-state index is 15.6. The summed E-state index contributed by atoms with van der Waals surface area (Å²) in [6.45, 7) is 8.15. The van der Waals surface area contributed by atoms with Crippen LogP contribution in [0, 0.1) is 49.7 Å². The van der Waals surface area contributed by atoms with Crippen LogP contribution in [0.3, 0.4) is 0 Å². The van der Waals surface area contributed by atoms with Crippen LogP contribution in [-0.2, 0) is 83.1 Å². The van der Waals surface area contributed by atoms with E-state index >= 15 is 43.2 Å². The number of carboxylic acids is 1. The highest BCUT2D eigenvalue weighted by Crippen LogP contribution is 2.32. The summed E-state index contributed by atoms with van der Waals surface area (Å²) in [5.74, 6) is -15.4. The van der Waals surface area contributed by atoms with Gasteiger partial charge in [0, 0.05) is 109 Å². The summed E-state index contributed by atoms with van der Waals surface area (Å²) >= 11 is 0. The average Bonchev–Trinajstić information content (AvgIpc) is 1.65. The number of aromatic amines is 1. The Morgan fingerprint density at radius 3 is 1.02 bits per heavy atom. The lowest BCUT2D eigenvalue weighted by molar-refractivity contribution is -0.148. The van der Waals surface area contributed by atoms with E-state index in [4.69, 9.17) is 83.7 Å². The van der Waals surface area contributed by atoms with Crippen molar-refractivity contribution in [1.29, 1.82) is 37.9 Å². The van der Waals surface area contributed by atoms with Gasteiger partial charge in [-0.05, 0) is 197 Å². The molecule has 0 bridgehead atoms. The van der Waals surface area contributed by atoms with Crippen LogP contribution in [0.4, 0.5) is 0 Å². The van der Waals surface area contributed by atoms with Crippen LogP contribution in [-0.4, -0.2) is 358 Å². The van der Waals surface area contributed by atoms with Gasteiger partial charge in [0.05, 0.1) is 6.04 Å². The first-order chi connectivity index (χ1) is 71.4. The monoisotopic (exact) mass is 2110 g/mol. The summed E-state index contributed by atoms with van der Waals surface area (Å²) in [4.78, 5) is 248. The first kappa shape index (κ1) is 120. The fourth-order valence-electron chi connectivity index (χ4n) is 19.9. The number of hydrogen-bond donors (Lipinski definition) is 33. The Kier molecular flexibility index (Phi) is 48.1. The number of aliphatic carboxylic acids is 1. The Hall–Kier alpha value is -14.9. The van der Waals surface area contributed by atoms with Crippen molar-refractivity contribution < 1.29 is 81.8 Å². The number of aromatic nitrogens is 1. The number of amides is 15. The van der Waals surface area contributed by atoms with E-state index in [1.807, 2.05) is 32.0 Å². The van der Waals surface area contributed by atoms with Gasteiger partial charge in [0.1, 0.15) is 90.6 Å². The molecule has 7 heterocycles. The van der Waals surface area contributed by atoms with Gasteiger partial charge < -0.3 is 170 Å². The summed E-state index contributed by atoms with van der Waals surface area (Å²) in [7, 11) is 0. The molecule has 0 radical (unpaired) electrons. The predicted molar refractivity (Wildman–Crippen MR) is 556 cm³/mol. The number of likely N-dealkylation sites (tertiary alicyclic amines) is 6. The number of carbonyl (C=O) groups excluding carboxylic acids is 15. The molecular weight excluding hydrogens is 1950 g/mol. The van der Waals surface area contributed by atoms with Crippen molar-refractivity contribution in [2.24, 2.45) is 57.7 Å². The molecule has 0 spiro atoms. The topological polar surface area (TPSA) is 896 Å². The Morgan fingerprint density at radius 1 is 0.353 bits per heavy atom. The number of nitrogens with two attached hydrogens (primary N) is 8. The lowest BCUT2D eigenvalue weighted by Crippen LogP contribution is -2.61. The van der Waals surface area contributed by atoms with Gasteiger partial charge in [-0.3, -0.25) is 110 Å². The number of carbonyl (C=O) groups is 16. The molecule has 832 valence electrons. The predicted octanol–water partition coefficient (Wildman–Crippen LogP) is -6.63. The molecule has 6 saturated heterocycles. The molecule has 17 atom stereocenters. The van der Waals surface area contributed by atoms with Gasteiger partial charge in [0.25, 0.3) is 0 Å². The van der Waals surface area contributed by atoms with Crippen LogP contribution in [0.25, 0.3) is 10.9 Å². The van der Waals surface area contributed by atoms with E-state index in [0.717, 1.165) is 5.39 Å². The molecule has 2 aromatic rings. The molecule has 1 aromatic heterocycles. The van der Waals surface area contributed by atoms with Crippen LogP contribution >= 0.6 is 0 Å². The number of rotatable bonds is 59. The van der Waals surface area contributed by atoms with Crippen LogP contribution in [0.15, 0.2) is 30.5 Å². The number of guanidine groups is 7. The SMILES string of the molecule is CC[C@H](C)[C@H](NC(=O)[C@H](CCCNC(=N)N)NC(=O)[C@@H](N)CCCNC(=N)N)C(=O)N[C@@H](CCCNC(=N)N)C(=O)N1CCC[C@H]1C(=O)N[C@@H](CCCNC(=N)N)C(=O)N1CCC[C@H]1C(=O)N1CCC[C@H]1C(=O)N[C@@H](CCCNC(=N)N)C(=O)N[C@@H](CC(C)C)C(=O)N1CCC[C@H]1C(=O)N[C@@H](Cc1c[nH]c2ccccc12)C(=O)N1CCC[C@H]1C(=O)N[C@@H](CCCNC(=N)N)C(=O)N1CCC[C@H]1C(=O)N[C@@H](CCCNC(=N)N)C(=O)O. The first-order valence-electron chi connectivity index (χ1n) is 52.0. The first-order valence-corrected chi connectivity index (χ1v) is 52.0. The zero-order valence-electron chi connectivity index (χ0n) is 86.3. The second-order valence-electron chi connectivity index (χ2n) is 39.5. The van der Waals surface area contributed by atoms with Crippen LogP contribution in [0.5, 0.6) is 0 Å². The van der Waals surface area contributed by atoms with Crippen molar-refractivity contribution in [3.05, 3.63) is 36.0 Å². The third-order valence-corrected chi connectivity index (χ3v) is 27.8. The highest BCUT2D eigenvalue weighted by atomic mass is 16.4. The highest BCUT2D eigenvalue weighted by molar-refractivity contribution is 6.02. The summed E-state index contributed by atoms with van der Waals surface area (Å²) < 4.78 is 0. The van der Waals surface area contributed by atoms with Crippen molar-refractivity contribution in [2.75, 3.05) is 85.1 Å². The number of para-hydroxylation sites is 1. The molecule has 8 rings (SSSR count). The Balaban J connectivity index is 0.974. The van der Waals surface area contributed by atoms with Crippen molar-refractivity contribution in [1.82, 2.24) is 119 Å². The summed E-state index contributed by atoms with van der Waals surface area (Å²) in [6.07, 6.45) is 5.67. The number of H-pyrrole nitrogens is 1.